The molecule has 110 valence electrons. The highest BCUT2D eigenvalue weighted by atomic mass is 31.0. The molecule has 1 atom stereocenters. The molecule has 0 spiro atoms. The monoisotopic (exact) mass is 312 g/mol. The van der Waals surface area contributed by atoms with Crippen LogP contribution in [-0.2, 0) is 0 Å². The Hall–Kier alpha value is -2.05. The van der Waals surface area contributed by atoms with Crippen molar-refractivity contribution in [3.05, 3.63) is 77.9 Å². The van der Waals surface area contributed by atoms with E-state index in [2.05, 4.69) is 9.24 Å². The Morgan fingerprint density at radius 2 is 1.23 bits per heavy atom. The molecule has 3 aromatic carbocycles. The van der Waals surface area contributed by atoms with Crippen molar-refractivity contribution >= 4 is 14.5 Å². The van der Waals surface area contributed by atoms with Gasteiger partial charge in [0.15, 0.2) is 0 Å². The summed E-state index contributed by atoms with van der Waals surface area (Å²) in [4.78, 5) is 0. The maximum Gasteiger partial charge on any atom is 0.131 e. The molecule has 3 rings (SSSR count). The summed E-state index contributed by atoms with van der Waals surface area (Å²) in [6, 6.07) is 17.5. The summed E-state index contributed by atoms with van der Waals surface area (Å²) in [5, 5.41) is 0.734. The Morgan fingerprint density at radius 1 is 0.682 bits per heavy atom. The topological polar surface area (TPSA) is 0 Å². The molecule has 0 aromatic heterocycles. The van der Waals surface area contributed by atoms with E-state index in [1.165, 1.54) is 12.1 Å². The standard InChI is InChI=1S/C19H15F2P/c1-12-2-4-13(5-3-12)14-6-8-16(18(20)10-14)17-9-7-15(22)11-19(17)21/h2-11H,22H2,1H3. The van der Waals surface area contributed by atoms with Crippen LogP contribution in [0.15, 0.2) is 60.7 Å². The van der Waals surface area contributed by atoms with Crippen LogP contribution < -0.4 is 5.30 Å². The van der Waals surface area contributed by atoms with Gasteiger partial charge in [-0.25, -0.2) is 8.78 Å². The molecule has 0 radical (unpaired) electrons. The highest BCUT2D eigenvalue weighted by molar-refractivity contribution is 7.27. The highest BCUT2D eigenvalue weighted by Crippen LogP contribution is 2.29. The molecule has 0 saturated carbocycles. The van der Waals surface area contributed by atoms with E-state index in [1.807, 2.05) is 37.3 Å². The predicted molar refractivity (Wildman–Crippen MR) is 91.3 cm³/mol. The SMILES string of the molecule is Cc1ccc(-c2ccc(-c3ccc(P)cc3F)c(F)c2)cc1. The summed E-state index contributed by atoms with van der Waals surface area (Å²) in [6.45, 7) is 2.01. The van der Waals surface area contributed by atoms with Crippen LogP contribution in [0, 0.1) is 18.6 Å². The fourth-order valence-electron chi connectivity index (χ4n) is 2.41. The van der Waals surface area contributed by atoms with Crippen molar-refractivity contribution in [2.24, 2.45) is 0 Å². The van der Waals surface area contributed by atoms with Crippen LogP contribution in [0.2, 0.25) is 0 Å². The molecular weight excluding hydrogens is 297 g/mol. The third-order valence-corrected chi connectivity index (χ3v) is 4.00. The van der Waals surface area contributed by atoms with Gasteiger partial charge in [-0.2, -0.15) is 0 Å². The maximum absolute atomic E-state index is 14.4. The summed E-state index contributed by atoms with van der Waals surface area (Å²) in [7, 11) is 2.43. The third-order valence-electron chi connectivity index (χ3n) is 3.64. The van der Waals surface area contributed by atoms with Gasteiger partial charge >= 0.3 is 0 Å². The minimum absolute atomic E-state index is 0.276. The van der Waals surface area contributed by atoms with E-state index in [9.17, 15) is 8.78 Å². The minimum atomic E-state index is -0.423. The molecule has 0 fully saturated rings. The van der Waals surface area contributed by atoms with E-state index in [-0.39, 0.29) is 11.1 Å². The van der Waals surface area contributed by atoms with Gasteiger partial charge in [0, 0.05) is 11.1 Å². The van der Waals surface area contributed by atoms with Gasteiger partial charge in [-0.15, -0.1) is 9.24 Å². The summed E-state index contributed by atoms with van der Waals surface area (Å²) < 4.78 is 28.4. The van der Waals surface area contributed by atoms with Gasteiger partial charge in [0.05, 0.1) is 0 Å². The van der Waals surface area contributed by atoms with Crippen LogP contribution in [0.1, 0.15) is 5.56 Å². The molecule has 1 unspecified atom stereocenters. The zero-order valence-corrected chi connectivity index (χ0v) is 13.3. The maximum atomic E-state index is 14.4. The Kier molecular flexibility index (Phi) is 4.04. The average molecular weight is 312 g/mol. The van der Waals surface area contributed by atoms with Crippen LogP contribution in [0.3, 0.4) is 0 Å². The quantitative estimate of drug-likeness (QED) is 0.577. The number of rotatable bonds is 2. The zero-order valence-electron chi connectivity index (χ0n) is 12.1. The van der Waals surface area contributed by atoms with Crippen LogP contribution >= 0.6 is 9.24 Å². The van der Waals surface area contributed by atoms with Gasteiger partial charge in [-0.05, 0) is 35.5 Å². The van der Waals surface area contributed by atoms with Gasteiger partial charge < -0.3 is 0 Å². The number of hydrogen-bond donors (Lipinski definition) is 0. The van der Waals surface area contributed by atoms with Gasteiger partial charge in [-0.1, -0.05) is 54.1 Å². The molecule has 0 nitrogen and oxygen atoms in total. The number of hydrogen-bond acceptors (Lipinski definition) is 0. The molecule has 22 heavy (non-hydrogen) atoms. The average Bonchev–Trinajstić information content (AvgIpc) is 2.49. The fraction of sp³-hybridized carbons (Fsp3) is 0.0526. The van der Waals surface area contributed by atoms with Crippen LogP contribution in [0.5, 0.6) is 0 Å². The van der Waals surface area contributed by atoms with Gasteiger partial charge in [0.25, 0.3) is 0 Å². The predicted octanol–water partition coefficient (Wildman–Crippen LogP) is 5.11. The third kappa shape index (κ3) is 2.93. The van der Waals surface area contributed by atoms with Crippen molar-refractivity contribution in [1.29, 1.82) is 0 Å². The van der Waals surface area contributed by atoms with E-state index in [4.69, 9.17) is 0 Å². The second kappa shape index (κ2) is 5.98. The Balaban J connectivity index is 2.04. The molecular formula is C19H15F2P. The minimum Gasteiger partial charge on any atom is -0.206 e. The Labute approximate surface area is 131 Å². The molecule has 0 aliphatic carbocycles. The van der Waals surface area contributed by atoms with Crippen molar-refractivity contribution in [2.75, 3.05) is 0 Å². The lowest BCUT2D eigenvalue weighted by Gasteiger charge is -2.09. The van der Waals surface area contributed by atoms with E-state index >= 15 is 0 Å². The van der Waals surface area contributed by atoms with E-state index in [0.29, 0.717) is 0 Å². The van der Waals surface area contributed by atoms with E-state index in [0.717, 1.165) is 22.0 Å². The van der Waals surface area contributed by atoms with Crippen LogP contribution in [0.4, 0.5) is 8.78 Å². The van der Waals surface area contributed by atoms with Gasteiger partial charge in [0.2, 0.25) is 0 Å². The highest BCUT2D eigenvalue weighted by Gasteiger charge is 2.11. The van der Waals surface area contributed by atoms with Gasteiger partial charge in [0.1, 0.15) is 11.6 Å². The Bertz CT molecular complexity index is 823. The van der Waals surface area contributed by atoms with Crippen molar-refractivity contribution in [2.45, 2.75) is 6.92 Å². The first-order valence-corrected chi connectivity index (χ1v) is 7.54. The molecule has 0 amide bonds. The summed E-state index contributed by atoms with van der Waals surface area (Å²) in [5.41, 5.74) is 3.43. The molecule has 0 bridgehead atoms. The summed E-state index contributed by atoms with van der Waals surface area (Å²) in [5.74, 6) is -0.844. The number of benzene rings is 3. The summed E-state index contributed by atoms with van der Waals surface area (Å²) in [6.07, 6.45) is 0. The molecule has 3 heteroatoms. The normalized spacial score (nSPS) is 10.7. The molecule has 0 heterocycles. The first-order chi connectivity index (χ1) is 10.5. The number of aryl methyl sites for hydroxylation is 1. The van der Waals surface area contributed by atoms with E-state index < -0.39 is 11.6 Å². The summed E-state index contributed by atoms with van der Waals surface area (Å²) >= 11 is 0. The van der Waals surface area contributed by atoms with Crippen molar-refractivity contribution in [3.8, 4) is 22.3 Å². The van der Waals surface area contributed by atoms with Crippen molar-refractivity contribution in [3.63, 3.8) is 0 Å². The lowest BCUT2D eigenvalue weighted by Crippen LogP contribution is -1.95. The first-order valence-electron chi connectivity index (χ1n) is 6.96. The lowest BCUT2D eigenvalue weighted by molar-refractivity contribution is 0.617. The van der Waals surface area contributed by atoms with Crippen molar-refractivity contribution < 1.29 is 8.78 Å². The first kappa shape index (κ1) is 14.9. The molecule has 0 aliphatic rings. The molecule has 0 N–H and O–H groups in total. The number of halogens is 2. The Morgan fingerprint density at radius 3 is 1.82 bits per heavy atom. The second-order valence-electron chi connectivity index (χ2n) is 5.30. The molecule has 3 aromatic rings. The lowest BCUT2D eigenvalue weighted by atomic mass is 9.99. The largest absolute Gasteiger partial charge is 0.206 e. The van der Waals surface area contributed by atoms with Crippen LogP contribution in [-0.4, -0.2) is 0 Å². The zero-order chi connectivity index (χ0) is 15.7. The second-order valence-corrected chi connectivity index (χ2v) is 5.97. The fourth-order valence-corrected chi connectivity index (χ4v) is 2.65. The van der Waals surface area contributed by atoms with Crippen molar-refractivity contribution in [1.82, 2.24) is 0 Å². The van der Waals surface area contributed by atoms with Gasteiger partial charge in [-0.3, -0.25) is 0 Å². The molecule has 0 saturated heterocycles. The smallest absolute Gasteiger partial charge is 0.131 e. The van der Waals surface area contributed by atoms with E-state index in [1.54, 1.807) is 18.2 Å². The molecule has 0 aliphatic heterocycles. The van der Waals surface area contributed by atoms with Crippen LogP contribution in [0.25, 0.3) is 22.3 Å².